The molecule has 0 aliphatic carbocycles. The number of aromatic nitrogens is 1. The van der Waals surface area contributed by atoms with Crippen molar-refractivity contribution in [3.63, 3.8) is 0 Å². The summed E-state index contributed by atoms with van der Waals surface area (Å²) in [5.41, 5.74) is -0.539. The Kier molecular flexibility index (Phi) is 4.95. The number of nitrogens with one attached hydrogen (secondary N) is 1. The Morgan fingerprint density at radius 1 is 1.67 bits per heavy atom. The van der Waals surface area contributed by atoms with Gasteiger partial charge in [-0.2, -0.15) is 0 Å². The van der Waals surface area contributed by atoms with Crippen molar-refractivity contribution in [1.29, 1.82) is 0 Å². The van der Waals surface area contributed by atoms with Gasteiger partial charge in [0.2, 0.25) is 0 Å². The standard InChI is InChI=1S/C9H10ClN3O5/c10-8-7(1-5(2-11-8)13(17)18)9(16)12-3-6(15)4-14/h1-2,6,14-15H,3-4H2,(H,12,16). The molecule has 1 aromatic rings. The van der Waals surface area contributed by atoms with Crippen LogP contribution in [0, 0.1) is 10.1 Å². The van der Waals surface area contributed by atoms with Crippen LogP contribution in [0.3, 0.4) is 0 Å². The number of rotatable bonds is 5. The third-order valence-electron chi connectivity index (χ3n) is 1.99. The number of carbonyl (C=O) groups excluding carboxylic acids is 1. The maximum atomic E-state index is 11.6. The van der Waals surface area contributed by atoms with E-state index in [1.165, 1.54) is 0 Å². The number of pyridine rings is 1. The lowest BCUT2D eigenvalue weighted by Gasteiger charge is -2.09. The number of hydrogen-bond donors (Lipinski definition) is 3. The number of aliphatic hydroxyl groups excluding tert-OH is 2. The van der Waals surface area contributed by atoms with E-state index in [1.807, 2.05) is 0 Å². The molecule has 0 aliphatic heterocycles. The van der Waals surface area contributed by atoms with E-state index in [0.29, 0.717) is 0 Å². The molecular formula is C9H10ClN3O5. The topological polar surface area (TPSA) is 126 Å². The van der Waals surface area contributed by atoms with E-state index < -0.39 is 23.5 Å². The lowest BCUT2D eigenvalue weighted by molar-refractivity contribution is -0.385. The number of aliphatic hydroxyl groups is 2. The van der Waals surface area contributed by atoms with E-state index in [-0.39, 0.29) is 22.9 Å². The number of amides is 1. The van der Waals surface area contributed by atoms with Crippen molar-refractivity contribution < 1.29 is 19.9 Å². The van der Waals surface area contributed by atoms with Crippen LogP contribution < -0.4 is 5.32 Å². The van der Waals surface area contributed by atoms with Crippen molar-refractivity contribution in [2.45, 2.75) is 6.10 Å². The van der Waals surface area contributed by atoms with Crippen LogP contribution in [0.5, 0.6) is 0 Å². The van der Waals surface area contributed by atoms with Crippen molar-refractivity contribution in [1.82, 2.24) is 10.3 Å². The lowest BCUT2D eigenvalue weighted by atomic mass is 10.2. The molecule has 0 saturated heterocycles. The van der Waals surface area contributed by atoms with Gasteiger partial charge in [-0.15, -0.1) is 0 Å². The molecule has 0 aromatic carbocycles. The van der Waals surface area contributed by atoms with Crippen LogP contribution in [0.4, 0.5) is 5.69 Å². The van der Waals surface area contributed by atoms with Crippen LogP contribution in [0.2, 0.25) is 5.15 Å². The van der Waals surface area contributed by atoms with E-state index >= 15 is 0 Å². The summed E-state index contributed by atoms with van der Waals surface area (Å²) in [4.78, 5) is 24.9. The SMILES string of the molecule is O=C(NCC(O)CO)c1cc([N+](=O)[O-])cnc1Cl. The molecule has 18 heavy (non-hydrogen) atoms. The Labute approximate surface area is 106 Å². The minimum Gasteiger partial charge on any atom is -0.394 e. The molecule has 8 nitrogen and oxygen atoms in total. The van der Waals surface area contributed by atoms with Crippen LogP contribution in [0.1, 0.15) is 10.4 Å². The summed E-state index contributed by atoms with van der Waals surface area (Å²) in [5.74, 6) is -0.719. The summed E-state index contributed by atoms with van der Waals surface area (Å²) in [6.07, 6.45) is -0.179. The van der Waals surface area contributed by atoms with Gasteiger partial charge >= 0.3 is 0 Å². The summed E-state index contributed by atoms with van der Waals surface area (Å²) in [5, 5.41) is 30.2. The van der Waals surface area contributed by atoms with Gasteiger partial charge in [0.05, 0.1) is 23.2 Å². The molecule has 1 rings (SSSR count). The Bertz CT molecular complexity index is 468. The maximum Gasteiger partial charge on any atom is 0.288 e. The van der Waals surface area contributed by atoms with Crippen molar-refractivity contribution >= 4 is 23.2 Å². The Morgan fingerprint density at radius 3 is 2.89 bits per heavy atom. The first-order valence-electron chi connectivity index (χ1n) is 4.82. The molecule has 0 saturated carbocycles. The molecule has 1 atom stereocenters. The number of halogens is 1. The highest BCUT2D eigenvalue weighted by Crippen LogP contribution is 2.18. The predicted octanol–water partition coefficient (Wildman–Crippen LogP) is -0.274. The van der Waals surface area contributed by atoms with E-state index in [0.717, 1.165) is 12.3 Å². The van der Waals surface area contributed by atoms with Crippen LogP contribution in [-0.2, 0) is 0 Å². The second-order valence-electron chi connectivity index (χ2n) is 3.34. The number of nitro groups is 1. The first-order chi connectivity index (χ1) is 8.45. The van der Waals surface area contributed by atoms with E-state index in [4.69, 9.17) is 21.8 Å². The Hall–Kier alpha value is -1.77. The predicted molar refractivity (Wildman–Crippen MR) is 61.3 cm³/mol. The van der Waals surface area contributed by atoms with Crippen molar-refractivity contribution in [3.05, 3.63) is 33.1 Å². The fourth-order valence-corrected chi connectivity index (χ4v) is 1.26. The van der Waals surface area contributed by atoms with Crippen LogP contribution in [0.15, 0.2) is 12.3 Å². The van der Waals surface area contributed by atoms with E-state index in [1.54, 1.807) is 0 Å². The van der Waals surface area contributed by atoms with Gasteiger partial charge in [-0.3, -0.25) is 14.9 Å². The zero-order chi connectivity index (χ0) is 13.7. The zero-order valence-corrected chi connectivity index (χ0v) is 9.79. The third-order valence-corrected chi connectivity index (χ3v) is 2.29. The third kappa shape index (κ3) is 3.62. The second kappa shape index (κ2) is 6.24. The van der Waals surface area contributed by atoms with Crippen LogP contribution in [-0.4, -0.2) is 45.3 Å². The first kappa shape index (κ1) is 14.3. The Morgan fingerprint density at radius 2 is 2.33 bits per heavy atom. The van der Waals surface area contributed by atoms with Crippen LogP contribution in [0.25, 0.3) is 0 Å². The van der Waals surface area contributed by atoms with Crippen LogP contribution >= 0.6 is 11.6 Å². The summed E-state index contributed by atoms with van der Waals surface area (Å²) in [6, 6.07) is 0.982. The molecule has 0 bridgehead atoms. The second-order valence-corrected chi connectivity index (χ2v) is 3.69. The average Bonchev–Trinajstić information content (AvgIpc) is 2.35. The fourth-order valence-electron chi connectivity index (χ4n) is 1.07. The van der Waals surface area contributed by atoms with Crippen molar-refractivity contribution in [3.8, 4) is 0 Å². The highest BCUT2D eigenvalue weighted by molar-refractivity contribution is 6.32. The van der Waals surface area contributed by atoms with Gasteiger partial charge in [-0.1, -0.05) is 11.6 Å². The van der Waals surface area contributed by atoms with Gasteiger partial charge in [0.15, 0.2) is 0 Å². The van der Waals surface area contributed by atoms with E-state index in [2.05, 4.69) is 10.3 Å². The number of hydrogen-bond acceptors (Lipinski definition) is 6. The smallest absolute Gasteiger partial charge is 0.288 e. The number of nitrogens with zero attached hydrogens (tertiary/aromatic N) is 2. The molecular weight excluding hydrogens is 266 g/mol. The molecule has 9 heteroatoms. The normalized spacial score (nSPS) is 11.9. The van der Waals surface area contributed by atoms with Gasteiger partial charge < -0.3 is 15.5 Å². The van der Waals surface area contributed by atoms with Gasteiger partial charge in [-0.25, -0.2) is 4.98 Å². The summed E-state index contributed by atoms with van der Waals surface area (Å²) in [6.45, 7) is -0.713. The van der Waals surface area contributed by atoms with Crippen molar-refractivity contribution in [2.24, 2.45) is 0 Å². The summed E-state index contributed by atoms with van der Waals surface area (Å²) >= 11 is 5.64. The quantitative estimate of drug-likeness (QED) is 0.386. The number of carbonyl (C=O) groups is 1. The molecule has 0 spiro atoms. The summed E-state index contributed by atoms with van der Waals surface area (Å²) < 4.78 is 0. The minimum atomic E-state index is -1.11. The van der Waals surface area contributed by atoms with Gasteiger partial charge in [-0.05, 0) is 0 Å². The molecule has 1 aromatic heterocycles. The van der Waals surface area contributed by atoms with Gasteiger partial charge in [0.25, 0.3) is 11.6 Å². The molecule has 0 radical (unpaired) electrons. The molecule has 1 unspecified atom stereocenters. The average molecular weight is 276 g/mol. The van der Waals surface area contributed by atoms with Crippen molar-refractivity contribution in [2.75, 3.05) is 13.2 Å². The maximum absolute atomic E-state index is 11.6. The zero-order valence-electron chi connectivity index (χ0n) is 9.04. The lowest BCUT2D eigenvalue weighted by Crippen LogP contribution is -2.34. The molecule has 0 fully saturated rings. The summed E-state index contributed by atoms with van der Waals surface area (Å²) in [7, 11) is 0. The largest absolute Gasteiger partial charge is 0.394 e. The van der Waals surface area contributed by atoms with E-state index in [9.17, 15) is 14.9 Å². The first-order valence-corrected chi connectivity index (χ1v) is 5.20. The molecule has 98 valence electrons. The minimum absolute atomic E-state index is 0.170. The highest BCUT2D eigenvalue weighted by atomic mass is 35.5. The van der Waals surface area contributed by atoms with Gasteiger partial charge in [0, 0.05) is 12.6 Å². The van der Waals surface area contributed by atoms with Gasteiger partial charge in [0.1, 0.15) is 11.3 Å². The highest BCUT2D eigenvalue weighted by Gasteiger charge is 2.17. The fraction of sp³-hybridized carbons (Fsp3) is 0.333. The molecule has 0 aliphatic rings. The Balaban J connectivity index is 2.84. The molecule has 3 N–H and O–H groups in total. The molecule has 1 heterocycles. The monoisotopic (exact) mass is 275 g/mol. The molecule has 1 amide bonds.